The lowest BCUT2D eigenvalue weighted by atomic mass is 9.98. The van der Waals surface area contributed by atoms with Gasteiger partial charge in [-0.05, 0) is 77.2 Å². The number of likely N-dealkylation sites (tertiary alicyclic amines) is 1. The Hall–Kier alpha value is -2.08. The molecule has 3 heterocycles. The smallest absolute Gasteiger partial charge is 0.306 e. The molecule has 2 aromatic heterocycles. The Labute approximate surface area is 191 Å². The second kappa shape index (κ2) is 7.75. The molecular weight excluding hydrogens is 448 g/mol. The van der Waals surface area contributed by atoms with Crippen LogP contribution in [0.4, 0.5) is 0 Å². The van der Waals surface area contributed by atoms with E-state index in [4.69, 9.17) is 0 Å². The number of aryl methyl sites for hydroxylation is 1. The number of aromatic nitrogens is 4. The van der Waals surface area contributed by atoms with Crippen molar-refractivity contribution >= 4 is 32.4 Å². The van der Waals surface area contributed by atoms with Crippen LogP contribution >= 0.6 is 11.3 Å². The van der Waals surface area contributed by atoms with Crippen molar-refractivity contribution in [3.05, 3.63) is 33.7 Å². The van der Waals surface area contributed by atoms with Crippen LogP contribution in [0.25, 0.3) is 16.2 Å². The summed E-state index contributed by atoms with van der Waals surface area (Å²) in [6.07, 6.45) is 3.83. The summed E-state index contributed by atoms with van der Waals surface area (Å²) in [5, 5.41) is 9.44. The summed E-state index contributed by atoms with van der Waals surface area (Å²) in [5.74, 6) is 0.363. The lowest BCUT2D eigenvalue weighted by Gasteiger charge is -2.29. The van der Waals surface area contributed by atoms with Crippen molar-refractivity contribution in [2.75, 3.05) is 20.1 Å². The van der Waals surface area contributed by atoms with E-state index >= 15 is 0 Å². The van der Waals surface area contributed by atoms with Crippen molar-refractivity contribution in [3.8, 4) is 5.13 Å². The van der Waals surface area contributed by atoms with Crippen LogP contribution in [-0.2, 0) is 16.6 Å². The zero-order chi connectivity index (χ0) is 22.7. The van der Waals surface area contributed by atoms with E-state index in [0.717, 1.165) is 43.8 Å². The first-order valence-electron chi connectivity index (χ1n) is 10.9. The van der Waals surface area contributed by atoms with E-state index in [1.165, 1.54) is 15.9 Å². The standard InChI is InChI=1S/C21H28N6O3S2/c1-14-22-23-19(31-14)27-18-11-16(32(29,30)24-21(2)8-9-21)6-7-17(18)26(20(27)28)13-15-5-4-10-25(3)12-15/h6-7,11,15,24H,4-5,8-10,12-13H2,1-3H3. The second-order valence-corrected chi connectivity index (χ2v) is 12.3. The molecule has 0 bridgehead atoms. The van der Waals surface area contributed by atoms with Crippen LogP contribution in [0, 0.1) is 12.8 Å². The predicted octanol–water partition coefficient (Wildman–Crippen LogP) is 2.12. The highest BCUT2D eigenvalue weighted by atomic mass is 32.2. The molecular formula is C21H28N6O3S2. The molecule has 172 valence electrons. The quantitative estimate of drug-likeness (QED) is 0.585. The van der Waals surface area contributed by atoms with Crippen molar-refractivity contribution in [2.45, 2.75) is 56.5 Å². The van der Waals surface area contributed by atoms with Crippen LogP contribution in [0.2, 0.25) is 0 Å². The molecule has 0 amide bonds. The fourth-order valence-corrected chi connectivity index (χ4v) is 6.68. The molecule has 1 aromatic carbocycles. The van der Waals surface area contributed by atoms with Gasteiger partial charge in [0.15, 0.2) is 0 Å². The van der Waals surface area contributed by atoms with Crippen LogP contribution in [0.3, 0.4) is 0 Å². The van der Waals surface area contributed by atoms with Gasteiger partial charge in [0.1, 0.15) is 5.01 Å². The topological polar surface area (TPSA) is 102 Å². The van der Waals surface area contributed by atoms with E-state index in [1.807, 2.05) is 13.8 Å². The van der Waals surface area contributed by atoms with Crippen LogP contribution < -0.4 is 10.4 Å². The molecule has 1 atom stereocenters. The molecule has 0 spiro atoms. The van der Waals surface area contributed by atoms with E-state index in [9.17, 15) is 13.2 Å². The van der Waals surface area contributed by atoms with Gasteiger partial charge in [-0.1, -0.05) is 11.3 Å². The lowest BCUT2D eigenvalue weighted by molar-refractivity contribution is 0.194. The van der Waals surface area contributed by atoms with Gasteiger partial charge in [-0.2, -0.15) is 0 Å². The summed E-state index contributed by atoms with van der Waals surface area (Å²) >= 11 is 1.32. The second-order valence-electron chi connectivity index (χ2n) is 9.42. The Morgan fingerprint density at radius 3 is 2.69 bits per heavy atom. The molecule has 2 aliphatic rings. The normalized spacial score (nSPS) is 21.3. The first-order valence-corrected chi connectivity index (χ1v) is 13.2. The zero-order valence-electron chi connectivity index (χ0n) is 18.5. The minimum absolute atomic E-state index is 0.155. The highest BCUT2D eigenvalue weighted by Gasteiger charge is 2.41. The molecule has 1 unspecified atom stereocenters. The molecule has 9 nitrogen and oxygen atoms in total. The fraction of sp³-hybridized carbons (Fsp3) is 0.571. The molecule has 32 heavy (non-hydrogen) atoms. The molecule has 1 aliphatic heterocycles. The van der Waals surface area contributed by atoms with Crippen molar-refractivity contribution in [2.24, 2.45) is 5.92 Å². The van der Waals surface area contributed by atoms with E-state index < -0.39 is 10.0 Å². The summed E-state index contributed by atoms with van der Waals surface area (Å²) in [4.78, 5) is 16.0. The molecule has 1 aliphatic carbocycles. The predicted molar refractivity (Wildman–Crippen MR) is 124 cm³/mol. The van der Waals surface area contributed by atoms with Gasteiger partial charge in [0.05, 0.1) is 15.9 Å². The maximum Gasteiger partial charge on any atom is 0.335 e. The van der Waals surface area contributed by atoms with Crippen LogP contribution in [0.15, 0.2) is 27.9 Å². The molecule has 0 radical (unpaired) electrons. The fourth-order valence-electron chi connectivity index (χ4n) is 4.50. The van der Waals surface area contributed by atoms with Gasteiger partial charge in [0.2, 0.25) is 15.2 Å². The van der Waals surface area contributed by atoms with E-state index in [2.05, 4.69) is 26.9 Å². The van der Waals surface area contributed by atoms with Gasteiger partial charge in [-0.3, -0.25) is 4.57 Å². The number of piperidine rings is 1. The molecule has 11 heteroatoms. The zero-order valence-corrected chi connectivity index (χ0v) is 20.2. The van der Waals surface area contributed by atoms with E-state index in [0.29, 0.717) is 28.6 Å². The molecule has 2 fully saturated rings. The third-order valence-corrected chi connectivity index (χ3v) is 8.92. The third kappa shape index (κ3) is 4.02. The number of fused-ring (bicyclic) bond motifs is 1. The maximum absolute atomic E-state index is 13.5. The maximum atomic E-state index is 13.5. The Morgan fingerprint density at radius 2 is 2.03 bits per heavy atom. The van der Waals surface area contributed by atoms with E-state index in [-0.39, 0.29) is 16.1 Å². The molecule has 1 N–H and O–H groups in total. The molecule has 5 rings (SSSR count). The van der Waals surface area contributed by atoms with Gasteiger partial charge in [-0.15, -0.1) is 10.2 Å². The first-order chi connectivity index (χ1) is 15.2. The minimum Gasteiger partial charge on any atom is -0.306 e. The van der Waals surface area contributed by atoms with Crippen LogP contribution in [0.5, 0.6) is 0 Å². The summed E-state index contributed by atoms with van der Waals surface area (Å²) < 4.78 is 32.0. The Kier molecular flexibility index (Phi) is 5.27. The summed E-state index contributed by atoms with van der Waals surface area (Å²) in [5.41, 5.74) is 0.677. The van der Waals surface area contributed by atoms with Crippen molar-refractivity contribution in [1.29, 1.82) is 0 Å². The van der Waals surface area contributed by atoms with Gasteiger partial charge in [0.25, 0.3) is 0 Å². The van der Waals surface area contributed by atoms with E-state index in [1.54, 1.807) is 22.8 Å². The number of rotatable bonds is 6. The van der Waals surface area contributed by atoms with Crippen LogP contribution in [0.1, 0.15) is 37.6 Å². The minimum atomic E-state index is -3.69. The van der Waals surface area contributed by atoms with Crippen molar-refractivity contribution in [3.63, 3.8) is 0 Å². The highest BCUT2D eigenvalue weighted by molar-refractivity contribution is 7.89. The number of sulfonamides is 1. The van der Waals surface area contributed by atoms with Crippen molar-refractivity contribution in [1.82, 2.24) is 29.0 Å². The molecule has 3 aromatic rings. The number of nitrogens with one attached hydrogen (secondary N) is 1. The average molecular weight is 477 g/mol. The molecule has 1 saturated carbocycles. The summed E-state index contributed by atoms with van der Waals surface area (Å²) in [7, 11) is -1.59. The number of hydrogen-bond donors (Lipinski definition) is 1. The third-order valence-electron chi connectivity index (χ3n) is 6.46. The summed E-state index contributed by atoms with van der Waals surface area (Å²) in [6.45, 7) is 6.34. The molecule has 1 saturated heterocycles. The largest absolute Gasteiger partial charge is 0.335 e. The summed E-state index contributed by atoms with van der Waals surface area (Å²) in [6, 6.07) is 4.93. The lowest BCUT2D eigenvalue weighted by Crippen LogP contribution is -2.36. The first kappa shape index (κ1) is 21.7. The van der Waals surface area contributed by atoms with Gasteiger partial charge < -0.3 is 4.90 Å². The number of nitrogens with zero attached hydrogens (tertiary/aromatic N) is 5. The van der Waals surface area contributed by atoms with Gasteiger partial charge >= 0.3 is 5.69 Å². The van der Waals surface area contributed by atoms with Gasteiger partial charge in [0, 0.05) is 18.6 Å². The number of imidazole rings is 1. The number of hydrogen-bond acceptors (Lipinski definition) is 7. The van der Waals surface area contributed by atoms with Gasteiger partial charge in [-0.25, -0.2) is 22.5 Å². The number of benzene rings is 1. The Bertz CT molecular complexity index is 1340. The SMILES string of the molecule is Cc1nnc(-n2c(=O)n(CC3CCCN(C)C3)c3ccc(S(=O)(=O)NC4(C)CC4)cc32)s1. The Morgan fingerprint density at radius 1 is 1.25 bits per heavy atom. The van der Waals surface area contributed by atoms with Crippen LogP contribution in [-0.4, -0.2) is 58.3 Å². The Balaban J connectivity index is 1.63. The highest BCUT2D eigenvalue weighted by Crippen LogP contribution is 2.36. The monoisotopic (exact) mass is 476 g/mol. The van der Waals surface area contributed by atoms with Crippen molar-refractivity contribution < 1.29 is 8.42 Å². The average Bonchev–Trinajstić information content (AvgIpc) is 3.17.